The number of ether oxygens (including phenoxy) is 1. The van der Waals surface area contributed by atoms with Crippen molar-refractivity contribution in [2.24, 2.45) is 10.9 Å². The third kappa shape index (κ3) is 2.53. The first-order valence-electron chi connectivity index (χ1n) is 8.13. The number of nitrogens with zero attached hydrogens (tertiary/aromatic N) is 3. The second-order valence-corrected chi connectivity index (χ2v) is 6.53. The van der Waals surface area contributed by atoms with Crippen LogP contribution in [0.2, 0.25) is 0 Å². The van der Waals surface area contributed by atoms with Crippen LogP contribution < -0.4 is 0 Å². The van der Waals surface area contributed by atoms with Crippen molar-refractivity contribution in [3.8, 4) is 5.69 Å². The molecule has 2 aliphatic rings. The molecule has 27 heavy (non-hydrogen) atoms. The number of aryl methyl sites for hydroxylation is 1. The molecule has 0 saturated heterocycles. The number of benzene rings is 1. The van der Waals surface area contributed by atoms with Crippen LogP contribution in [0.15, 0.2) is 35.3 Å². The van der Waals surface area contributed by atoms with Crippen molar-refractivity contribution in [3.05, 3.63) is 41.6 Å². The first-order chi connectivity index (χ1) is 12.6. The molecule has 10 heteroatoms. The zero-order chi connectivity index (χ0) is 19.6. The van der Waals surface area contributed by atoms with E-state index in [9.17, 15) is 26.3 Å². The number of fused-ring (bicyclic) bond motifs is 1. The van der Waals surface area contributed by atoms with E-state index in [-0.39, 0.29) is 0 Å². The molecule has 0 radical (unpaired) electrons. The maximum Gasteiger partial charge on any atom is 0.442 e. The summed E-state index contributed by atoms with van der Waals surface area (Å²) >= 11 is 0. The van der Waals surface area contributed by atoms with Gasteiger partial charge in [0.25, 0.3) is 0 Å². The quantitative estimate of drug-likeness (QED) is 0.681. The maximum absolute atomic E-state index is 13.9. The topological polar surface area (TPSA) is 39.4 Å². The zero-order valence-electron chi connectivity index (χ0n) is 13.9. The Morgan fingerprint density at radius 2 is 1.63 bits per heavy atom. The summed E-state index contributed by atoms with van der Waals surface area (Å²) in [7, 11) is 0. The number of rotatable bonds is 2. The normalized spacial score (nSPS) is 19.3. The molecule has 1 saturated carbocycles. The number of halogens is 6. The Kier molecular flexibility index (Phi) is 3.64. The minimum Gasteiger partial charge on any atom is -0.450 e. The predicted molar refractivity (Wildman–Crippen MR) is 83.0 cm³/mol. The summed E-state index contributed by atoms with van der Waals surface area (Å²) in [6, 6.07) is 7.92. The summed E-state index contributed by atoms with van der Waals surface area (Å²) in [6.07, 6.45) is -10.6. The third-order valence-corrected chi connectivity index (χ3v) is 4.59. The molecule has 0 unspecified atom stereocenters. The Morgan fingerprint density at radius 1 is 1.04 bits per heavy atom. The zero-order valence-corrected chi connectivity index (χ0v) is 13.9. The Labute approximate surface area is 149 Å². The van der Waals surface area contributed by atoms with Gasteiger partial charge in [0.2, 0.25) is 0 Å². The molecule has 0 N–H and O–H groups in total. The second-order valence-electron chi connectivity index (χ2n) is 6.53. The van der Waals surface area contributed by atoms with E-state index in [1.54, 1.807) is 18.2 Å². The smallest absolute Gasteiger partial charge is 0.442 e. The van der Waals surface area contributed by atoms with E-state index in [4.69, 9.17) is 0 Å². The second kappa shape index (κ2) is 5.49. The SMILES string of the molecule is Cc1nn(-c2ccccc2)c2c1C(C(F)(F)F)(C(F)(F)F)OC(C1CC1)=N2. The van der Waals surface area contributed by atoms with Gasteiger partial charge in [-0.15, -0.1) is 0 Å². The van der Waals surface area contributed by atoms with E-state index in [2.05, 4.69) is 14.8 Å². The number of para-hydroxylation sites is 1. The molecule has 0 spiro atoms. The molecule has 0 bridgehead atoms. The first-order valence-corrected chi connectivity index (χ1v) is 8.13. The Bertz CT molecular complexity index is 895. The molecule has 1 aliphatic heterocycles. The van der Waals surface area contributed by atoms with Gasteiger partial charge in [-0.1, -0.05) is 18.2 Å². The van der Waals surface area contributed by atoms with Crippen LogP contribution in [0.1, 0.15) is 24.1 Å². The summed E-state index contributed by atoms with van der Waals surface area (Å²) in [4.78, 5) is 4.02. The predicted octanol–water partition coefficient (Wildman–Crippen LogP) is 4.97. The average Bonchev–Trinajstić information content (AvgIpc) is 3.37. The molecule has 0 amide bonds. The Hall–Kier alpha value is -2.52. The highest BCUT2D eigenvalue weighted by Crippen LogP contribution is 2.59. The van der Waals surface area contributed by atoms with Gasteiger partial charge in [0.1, 0.15) is 0 Å². The third-order valence-electron chi connectivity index (χ3n) is 4.59. The van der Waals surface area contributed by atoms with Crippen molar-refractivity contribution >= 4 is 11.7 Å². The average molecular weight is 389 g/mol. The van der Waals surface area contributed by atoms with E-state index in [1.165, 1.54) is 12.1 Å². The van der Waals surface area contributed by atoms with Crippen molar-refractivity contribution in [3.63, 3.8) is 0 Å². The van der Waals surface area contributed by atoms with Gasteiger partial charge in [0, 0.05) is 5.92 Å². The number of hydrogen-bond donors (Lipinski definition) is 0. The minimum atomic E-state index is -5.74. The lowest BCUT2D eigenvalue weighted by Gasteiger charge is -2.39. The van der Waals surface area contributed by atoms with E-state index < -0.39 is 46.8 Å². The summed E-state index contributed by atoms with van der Waals surface area (Å²) in [5, 5.41) is 3.93. The number of hydrogen-bond acceptors (Lipinski definition) is 3. The van der Waals surface area contributed by atoms with Gasteiger partial charge in [-0.2, -0.15) is 36.4 Å². The minimum absolute atomic E-state index is 0.306. The van der Waals surface area contributed by atoms with E-state index in [0.29, 0.717) is 18.5 Å². The van der Waals surface area contributed by atoms with Gasteiger partial charge >= 0.3 is 18.0 Å². The lowest BCUT2D eigenvalue weighted by Crippen LogP contribution is -2.58. The van der Waals surface area contributed by atoms with Crippen LogP contribution in [0.4, 0.5) is 32.2 Å². The lowest BCUT2D eigenvalue weighted by atomic mass is 9.90. The number of aliphatic imine (C=N–C) groups is 1. The van der Waals surface area contributed by atoms with Gasteiger partial charge in [0.05, 0.1) is 16.9 Å². The van der Waals surface area contributed by atoms with Gasteiger partial charge < -0.3 is 4.74 Å². The van der Waals surface area contributed by atoms with Gasteiger partial charge in [0.15, 0.2) is 11.7 Å². The van der Waals surface area contributed by atoms with Crippen molar-refractivity contribution in [2.45, 2.75) is 37.7 Å². The highest BCUT2D eigenvalue weighted by molar-refractivity contribution is 5.86. The molecule has 1 aromatic heterocycles. The van der Waals surface area contributed by atoms with E-state index in [1.807, 2.05) is 0 Å². The molecule has 4 rings (SSSR count). The highest BCUT2D eigenvalue weighted by Gasteiger charge is 2.78. The van der Waals surface area contributed by atoms with Crippen LogP contribution >= 0.6 is 0 Å². The summed E-state index contributed by atoms with van der Waals surface area (Å²) in [6.45, 7) is 1.09. The fraction of sp³-hybridized carbons (Fsp3) is 0.412. The maximum atomic E-state index is 13.9. The molecule has 2 aromatic rings. The van der Waals surface area contributed by atoms with Crippen molar-refractivity contribution in [1.29, 1.82) is 0 Å². The van der Waals surface area contributed by atoms with E-state index >= 15 is 0 Å². The van der Waals surface area contributed by atoms with Gasteiger partial charge in [-0.25, -0.2) is 4.68 Å². The molecule has 4 nitrogen and oxygen atoms in total. The van der Waals surface area contributed by atoms with Crippen LogP contribution in [-0.2, 0) is 10.3 Å². The summed E-state index contributed by atoms with van der Waals surface area (Å²) in [5.41, 5.74) is -5.75. The lowest BCUT2D eigenvalue weighted by molar-refractivity contribution is -0.371. The molecule has 144 valence electrons. The van der Waals surface area contributed by atoms with Crippen LogP contribution in [-0.4, -0.2) is 28.0 Å². The van der Waals surface area contributed by atoms with E-state index in [0.717, 1.165) is 11.6 Å². The highest BCUT2D eigenvalue weighted by atomic mass is 19.4. The molecule has 1 fully saturated rings. The summed E-state index contributed by atoms with van der Waals surface area (Å²) in [5.74, 6) is -1.60. The number of alkyl halides is 6. The Morgan fingerprint density at radius 3 is 2.15 bits per heavy atom. The molecular weight excluding hydrogens is 376 g/mol. The molecule has 0 atom stereocenters. The van der Waals surface area contributed by atoms with Crippen molar-refractivity contribution < 1.29 is 31.1 Å². The van der Waals surface area contributed by atoms with Crippen molar-refractivity contribution in [2.75, 3.05) is 0 Å². The Balaban J connectivity index is 2.05. The summed E-state index contributed by atoms with van der Waals surface area (Å²) < 4.78 is 88.9. The fourth-order valence-electron chi connectivity index (χ4n) is 3.18. The van der Waals surface area contributed by atoms with Crippen LogP contribution in [0, 0.1) is 12.8 Å². The van der Waals surface area contributed by atoms with Crippen LogP contribution in [0.25, 0.3) is 5.69 Å². The monoisotopic (exact) mass is 389 g/mol. The number of aromatic nitrogens is 2. The largest absolute Gasteiger partial charge is 0.450 e. The van der Waals surface area contributed by atoms with Crippen LogP contribution in [0.5, 0.6) is 0 Å². The molecular formula is C17H13F6N3O. The van der Waals surface area contributed by atoms with Gasteiger partial charge in [-0.05, 0) is 31.9 Å². The van der Waals surface area contributed by atoms with Gasteiger partial charge in [-0.3, -0.25) is 0 Å². The van der Waals surface area contributed by atoms with Crippen LogP contribution in [0.3, 0.4) is 0 Å². The standard InChI is InChI=1S/C17H13F6N3O/c1-9-12-13(26(25-9)11-5-3-2-4-6-11)24-14(10-7-8-10)27-15(12,16(18,19)20)17(21,22)23/h2-6,10H,7-8H2,1H3. The molecule has 2 heterocycles. The molecule has 1 aliphatic carbocycles. The molecule has 1 aromatic carbocycles. The van der Waals surface area contributed by atoms with Crippen molar-refractivity contribution in [1.82, 2.24) is 9.78 Å². The first kappa shape index (κ1) is 17.9. The fourth-order valence-corrected chi connectivity index (χ4v) is 3.18.